The number of tetrazole rings is 1. The van der Waals surface area contributed by atoms with Crippen molar-refractivity contribution in [1.82, 2.24) is 25.9 Å². The summed E-state index contributed by atoms with van der Waals surface area (Å²) in [6.45, 7) is 1.95. The van der Waals surface area contributed by atoms with Gasteiger partial charge in [0.15, 0.2) is 5.82 Å². The van der Waals surface area contributed by atoms with Crippen LogP contribution in [0.2, 0.25) is 0 Å². The van der Waals surface area contributed by atoms with Crippen LogP contribution in [0, 0.1) is 12.3 Å². The lowest BCUT2D eigenvalue weighted by Gasteiger charge is -2.07. The lowest BCUT2D eigenvalue weighted by molar-refractivity contribution is -0.119. The van der Waals surface area contributed by atoms with Gasteiger partial charge in [-0.1, -0.05) is 6.92 Å². The van der Waals surface area contributed by atoms with Crippen LogP contribution in [0.25, 0.3) is 0 Å². The van der Waals surface area contributed by atoms with E-state index in [9.17, 15) is 9.59 Å². The van der Waals surface area contributed by atoms with Gasteiger partial charge in [0.05, 0.1) is 13.0 Å². The van der Waals surface area contributed by atoms with Gasteiger partial charge in [0, 0.05) is 6.42 Å². The molecular weight excluding hydrogens is 212 g/mol. The lowest BCUT2D eigenvalue weighted by atomic mass is 10.0. The third-order valence-electron chi connectivity index (χ3n) is 1.78. The molecule has 4 N–H and O–H groups in total. The quantitative estimate of drug-likeness (QED) is 0.544. The summed E-state index contributed by atoms with van der Waals surface area (Å²) in [4.78, 5) is 21.9. The molecule has 0 fully saturated rings. The SMILES string of the molecule is C[C@@H]([CH]C(=O)NCc1nnn[nH]1)CC(N)=O. The number of hydrogen-bond acceptors (Lipinski definition) is 5. The highest BCUT2D eigenvalue weighted by Gasteiger charge is 2.12. The van der Waals surface area contributed by atoms with Gasteiger partial charge in [0.1, 0.15) is 0 Å². The highest BCUT2D eigenvalue weighted by molar-refractivity contribution is 5.85. The van der Waals surface area contributed by atoms with Crippen molar-refractivity contribution in [2.45, 2.75) is 19.9 Å². The minimum absolute atomic E-state index is 0.150. The Bertz CT molecular complexity index is 349. The Morgan fingerprint density at radius 2 is 2.38 bits per heavy atom. The smallest absolute Gasteiger partial charge is 0.224 e. The largest absolute Gasteiger partial charge is 0.370 e. The summed E-state index contributed by atoms with van der Waals surface area (Å²) >= 11 is 0. The first-order valence-corrected chi connectivity index (χ1v) is 4.71. The van der Waals surface area contributed by atoms with E-state index in [1.54, 1.807) is 6.92 Å². The number of H-pyrrole nitrogens is 1. The fourth-order valence-electron chi connectivity index (χ4n) is 1.12. The molecule has 8 heteroatoms. The molecule has 0 spiro atoms. The van der Waals surface area contributed by atoms with Crippen molar-refractivity contribution in [3.05, 3.63) is 12.2 Å². The van der Waals surface area contributed by atoms with E-state index in [2.05, 4.69) is 25.9 Å². The van der Waals surface area contributed by atoms with E-state index < -0.39 is 5.91 Å². The van der Waals surface area contributed by atoms with Crippen molar-refractivity contribution >= 4 is 11.8 Å². The summed E-state index contributed by atoms with van der Waals surface area (Å²) in [5.41, 5.74) is 5.00. The van der Waals surface area contributed by atoms with Gasteiger partial charge >= 0.3 is 0 Å². The summed E-state index contributed by atoms with van der Waals surface area (Å²) in [5.74, 6) is -0.448. The topological polar surface area (TPSA) is 127 Å². The Labute approximate surface area is 92.0 Å². The zero-order valence-electron chi connectivity index (χ0n) is 8.80. The standard InChI is InChI=1S/C8H13N6O2/c1-5(2-6(9)15)3-8(16)10-4-7-11-13-14-12-7/h3,5H,2,4H2,1H3,(H2,9,15)(H,10,16)(H,11,12,13,14)/t5-/m1/s1. The third-order valence-corrected chi connectivity index (χ3v) is 1.78. The van der Waals surface area contributed by atoms with Gasteiger partial charge in [-0.05, 0) is 16.3 Å². The molecule has 0 unspecified atom stereocenters. The van der Waals surface area contributed by atoms with Crippen LogP contribution in [0.15, 0.2) is 0 Å². The first kappa shape index (κ1) is 12.1. The second-order valence-corrected chi connectivity index (χ2v) is 3.38. The van der Waals surface area contributed by atoms with Gasteiger partial charge in [-0.25, -0.2) is 5.10 Å². The summed E-state index contributed by atoms with van der Waals surface area (Å²) < 4.78 is 0. The summed E-state index contributed by atoms with van der Waals surface area (Å²) in [5, 5.41) is 15.4. The van der Waals surface area contributed by atoms with Gasteiger partial charge in [-0.15, -0.1) is 5.10 Å². The zero-order valence-corrected chi connectivity index (χ0v) is 8.80. The van der Waals surface area contributed by atoms with Crippen molar-refractivity contribution in [1.29, 1.82) is 0 Å². The van der Waals surface area contributed by atoms with E-state index in [1.165, 1.54) is 6.42 Å². The fourth-order valence-corrected chi connectivity index (χ4v) is 1.12. The average Bonchev–Trinajstić information content (AvgIpc) is 2.65. The molecule has 0 saturated heterocycles. The van der Waals surface area contributed by atoms with Crippen molar-refractivity contribution in [2.24, 2.45) is 11.7 Å². The Morgan fingerprint density at radius 1 is 1.62 bits per heavy atom. The summed E-state index contributed by atoms with van der Waals surface area (Å²) in [6.07, 6.45) is 1.55. The molecule has 87 valence electrons. The number of aromatic amines is 1. The van der Waals surface area contributed by atoms with Gasteiger partial charge in [-0.2, -0.15) is 0 Å². The normalized spacial score (nSPS) is 12.1. The molecule has 0 aromatic carbocycles. The van der Waals surface area contributed by atoms with Crippen molar-refractivity contribution < 1.29 is 9.59 Å². The lowest BCUT2D eigenvalue weighted by Crippen LogP contribution is -2.27. The second-order valence-electron chi connectivity index (χ2n) is 3.38. The van der Waals surface area contributed by atoms with Crippen molar-refractivity contribution in [3.63, 3.8) is 0 Å². The van der Waals surface area contributed by atoms with Crippen LogP contribution in [0.4, 0.5) is 0 Å². The van der Waals surface area contributed by atoms with Gasteiger partial charge < -0.3 is 11.1 Å². The number of primary amides is 1. The van der Waals surface area contributed by atoms with E-state index in [1.807, 2.05) is 0 Å². The monoisotopic (exact) mass is 225 g/mol. The molecule has 8 nitrogen and oxygen atoms in total. The molecule has 0 bridgehead atoms. The molecule has 1 aromatic rings. The molecule has 1 atom stereocenters. The fraction of sp³-hybridized carbons (Fsp3) is 0.500. The van der Waals surface area contributed by atoms with Crippen LogP contribution in [0.3, 0.4) is 0 Å². The van der Waals surface area contributed by atoms with Crippen LogP contribution in [0.5, 0.6) is 0 Å². The molecule has 0 aliphatic heterocycles. The summed E-state index contributed by atoms with van der Waals surface area (Å²) in [6, 6.07) is 0. The van der Waals surface area contributed by atoms with Crippen LogP contribution >= 0.6 is 0 Å². The number of hydrogen-bond donors (Lipinski definition) is 3. The van der Waals surface area contributed by atoms with Crippen LogP contribution in [-0.4, -0.2) is 32.4 Å². The van der Waals surface area contributed by atoms with Crippen LogP contribution in [-0.2, 0) is 16.1 Å². The van der Waals surface area contributed by atoms with Crippen molar-refractivity contribution in [2.75, 3.05) is 0 Å². The molecule has 0 aliphatic rings. The Morgan fingerprint density at radius 3 is 2.94 bits per heavy atom. The third kappa shape index (κ3) is 4.49. The minimum atomic E-state index is -0.434. The maximum absolute atomic E-state index is 11.3. The molecule has 1 rings (SSSR count). The molecular formula is C8H13N6O2. The Hall–Kier alpha value is -1.99. The highest BCUT2D eigenvalue weighted by atomic mass is 16.2. The maximum atomic E-state index is 11.3. The van der Waals surface area contributed by atoms with Gasteiger partial charge in [-0.3, -0.25) is 9.59 Å². The number of aromatic nitrogens is 4. The molecule has 0 saturated carbocycles. The molecule has 2 amide bonds. The van der Waals surface area contributed by atoms with E-state index in [0.717, 1.165) is 0 Å². The first-order valence-electron chi connectivity index (χ1n) is 4.71. The number of amides is 2. The second kappa shape index (κ2) is 5.79. The number of carbonyl (C=O) groups is 2. The van der Waals surface area contributed by atoms with Crippen LogP contribution in [0.1, 0.15) is 19.2 Å². The van der Waals surface area contributed by atoms with Crippen molar-refractivity contribution in [3.8, 4) is 0 Å². The number of rotatable bonds is 6. The molecule has 0 aliphatic carbocycles. The predicted octanol–water partition coefficient (Wildman–Crippen LogP) is -1.47. The van der Waals surface area contributed by atoms with E-state index in [4.69, 9.17) is 5.73 Å². The van der Waals surface area contributed by atoms with Gasteiger partial charge in [0.2, 0.25) is 11.8 Å². The highest BCUT2D eigenvalue weighted by Crippen LogP contribution is 2.04. The number of nitrogens with one attached hydrogen (secondary N) is 2. The van der Waals surface area contributed by atoms with Gasteiger partial charge in [0.25, 0.3) is 0 Å². The van der Waals surface area contributed by atoms with E-state index in [0.29, 0.717) is 5.82 Å². The minimum Gasteiger partial charge on any atom is -0.370 e. The van der Waals surface area contributed by atoms with E-state index in [-0.39, 0.29) is 24.8 Å². The van der Waals surface area contributed by atoms with Crippen LogP contribution < -0.4 is 11.1 Å². The Kier molecular flexibility index (Phi) is 4.37. The molecule has 16 heavy (non-hydrogen) atoms. The molecule has 1 radical (unpaired) electrons. The number of nitrogens with two attached hydrogens (primary N) is 1. The van der Waals surface area contributed by atoms with E-state index >= 15 is 0 Å². The zero-order chi connectivity index (χ0) is 12.0. The molecule has 1 heterocycles. The number of nitrogens with zero attached hydrogens (tertiary/aromatic N) is 3. The summed E-state index contributed by atoms with van der Waals surface area (Å²) in [7, 11) is 0. The predicted molar refractivity (Wildman–Crippen MR) is 53.3 cm³/mol. The maximum Gasteiger partial charge on any atom is 0.224 e. The average molecular weight is 225 g/mol. The number of carbonyl (C=O) groups excluding carboxylic acids is 2. The molecule has 1 aromatic heterocycles. The first-order chi connectivity index (χ1) is 7.58. The Balaban J connectivity index is 2.23.